The maximum atomic E-state index is 10.8. The van der Waals surface area contributed by atoms with Gasteiger partial charge >= 0.3 is 0 Å². The van der Waals surface area contributed by atoms with Gasteiger partial charge in [-0.15, -0.1) is 0 Å². The van der Waals surface area contributed by atoms with E-state index in [1.807, 2.05) is 0 Å². The lowest BCUT2D eigenvalue weighted by Crippen LogP contribution is -2.44. The quantitative estimate of drug-likeness (QED) is 0.733. The van der Waals surface area contributed by atoms with E-state index >= 15 is 0 Å². The Balaban J connectivity index is 1.96. The lowest BCUT2D eigenvalue weighted by molar-refractivity contribution is -0.0765. The summed E-state index contributed by atoms with van der Waals surface area (Å²) in [5, 5.41) is 10.8. The van der Waals surface area contributed by atoms with Crippen molar-refractivity contribution in [1.82, 2.24) is 0 Å². The highest BCUT2D eigenvalue weighted by molar-refractivity contribution is 4.91. The third kappa shape index (κ3) is 2.55. The Labute approximate surface area is 94.3 Å². The van der Waals surface area contributed by atoms with E-state index in [0.29, 0.717) is 11.8 Å². The molecule has 2 fully saturated rings. The molecule has 0 bridgehead atoms. The van der Waals surface area contributed by atoms with Crippen LogP contribution in [-0.4, -0.2) is 10.7 Å². The topological polar surface area (TPSA) is 20.2 Å². The Morgan fingerprint density at radius 2 is 1.07 bits per heavy atom. The molecule has 0 radical (unpaired) electrons. The highest BCUT2D eigenvalue weighted by Crippen LogP contribution is 2.42. The summed E-state index contributed by atoms with van der Waals surface area (Å²) in [6, 6.07) is 0. The van der Waals surface area contributed by atoms with E-state index in [9.17, 15) is 5.11 Å². The van der Waals surface area contributed by atoms with Gasteiger partial charge in [0, 0.05) is 0 Å². The van der Waals surface area contributed by atoms with Gasteiger partial charge in [0.15, 0.2) is 0 Å². The first-order valence-electron chi connectivity index (χ1n) is 6.93. The van der Waals surface area contributed by atoms with Gasteiger partial charge in [0.25, 0.3) is 0 Å². The molecule has 88 valence electrons. The second-order valence-electron chi connectivity index (χ2n) is 5.90. The van der Waals surface area contributed by atoms with Crippen LogP contribution in [0.1, 0.15) is 71.1 Å². The standard InChI is InChI=1S/C14H26O/c1-14(15,12-8-4-2-5-9-12)13-10-6-3-7-11-13/h12-13,15H,2-11H2,1H3. The molecule has 0 heterocycles. The molecule has 0 aromatic carbocycles. The Hall–Kier alpha value is -0.0400. The van der Waals surface area contributed by atoms with E-state index in [1.165, 1.54) is 64.2 Å². The van der Waals surface area contributed by atoms with Gasteiger partial charge in [0.1, 0.15) is 0 Å². The monoisotopic (exact) mass is 210 g/mol. The van der Waals surface area contributed by atoms with Crippen LogP contribution in [-0.2, 0) is 0 Å². The van der Waals surface area contributed by atoms with E-state index in [4.69, 9.17) is 0 Å². The molecular formula is C14H26O. The third-order valence-electron chi connectivity index (χ3n) is 4.86. The van der Waals surface area contributed by atoms with Crippen molar-refractivity contribution in [3.05, 3.63) is 0 Å². The number of hydrogen-bond acceptors (Lipinski definition) is 1. The average Bonchev–Trinajstić information content (AvgIpc) is 2.31. The van der Waals surface area contributed by atoms with E-state index in [-0.39, 0.29) is 5.60 Å². The molecular weight excluding hydrogens is 184 g/mol. The number of aliphatic hydroxyl groups is 1. The zero-order valence-electron chi connectivity index (χ0n) is 10.2. The van der Waals surface area contributed by atoms with Gasteiger partial charge in [-0.05, 0) is 44.4 Å². The molecule has 1 heteroatoms. The zero-order valence-corrected chi connectivity index (χ0v) is 10.2. The van der Waals surface area contributed by atoms with Crippen molar-refractivity contribution in [3.63, 3.8) is 0 Å². The third-order valence-corrected chi connectivity index (χ3v) is 4.86. The largest absolute Gasteiger partial charge is 0.390 e. The Morgan fingerprint density at radius 3 is 1.40 bits per heavy atom. The van der Waals surface area contributed by atoms with Crippen LogP contribution in [0.25, 0.3) is 0 Å². The smallest absolute Gasteiger partial charge is 0.0675 e. The minimum Gasteiger partial charge on any atom is -0.390 e. The molecule has 0 spiro atoms. The van der Waals surface area contributed by atoms with Gasteiger partial charge in [-0.1, -0.05) is 38.5 Å². The van der Waals surface area contributed by atoms with Crippen LogP contribution in [0.15, 0.2) is 0 Å². The van der Waals surface area contributed by atoms with Crippen LogP contribution in [0.3, 0.4) is 0 Å². The normalized spacial score (nSPS) is 26.8. The second kappa shape index (κ2) is 4.86. The molecule has 2 rings (SSSR count). The minimum absolute atomic E-state index is 0.360. The Kier molecular flexibility index (Phi) is 3.71. The first kappa shape index (κ1) is 11.4. The van der Waals surface area contributed by atoms with Gasteiger partial charge in [-0.25, -0.2) is 0 Å². The maximum Gasteiger partial charge on any atom is 0.0675 e. The molecule has 0 unspecified atom stereocenters. The molecule has 15 heavy (non-hydrogen) atoms. The summed E-state index contributed by atoms with van der Waals surface area (Å²) < 4.78 is 0. The summed E-state index contributed by atoms with van der Waals surface area (Å²) in [7, 11) is 0. The van der Waals surface area contributed by atoms with Crippen LogP contribution in [0.5, 0.6) is 0 Å². The maximum absolute atomic E-state index is 10.8. The minimum atomic E-state index is -0.360. The van der Waals surface area contributed by atoms with E-state index in [0.717, 1.165) is 0 Å². The number of rotatable bonds is 2. The fraction of sp³-hybridized carbons (Fsp3) is 1.00. The summed E-state index contributed by atoms with van der Waals surface area (Å²) in [6.45, 7) is 2.12. The van der Waals surface area contributed by atoms with Crippen molar-refractivity contribution in [1.29, 1.82) is 0 Å². The predicted molar refractivity (Wildman–Crippen MR) is 63.8 cm³/mol. The molecule has 2 aliphatic rings. The van der Waals surface area contributed by atoms with E-state index in [2.05, 4.69) is 6.92 Å². The molecule has 1 N–H and O–H groups in total. The molecule has 0 aliphatic heterocycles. The predicted octanol–water partition coefficient (Wildman–Crippen LogP) is 3.90. The molecule has 0 aromatic heterocycles. The van der Waals surface area contributed by atoms with Crippen molar-refractivity contribution < 1.29 is 5.11 Å². The molecule has 0 amide bonds. The van der Waals surface area contributed by atoms with Crippen LogP contribution >= 0.6 is 0 Å². The van der Waals surface area contributed by atoms with Crippen molar-refractivity contribution in [2.45, 2.75) is 76.7 Å². The molecule has 0 aromatic rings. The van der Waals surface area contributed by atoms with Gasteiger partial charge in [-0.2, -0.15) is 0 Å². The van der Waals surface area contributed by atoms with Crippen LogP contribution in [0, 0.1) is 11.8 Å². The summed E-state index contributed by atoms with van der Waals surface area (Å²) in [5.41, 5.74) is -0.360. The van der Waals surface area contributed by atoms with Gasteiger partial charge < -0.3 is 5.11 Å². The molecule has 2 saturated carbocycles. The summed E-state index contributed by atoms with van der Waals surface area (Å²) in [5.74, 6) is 1.18. The SMILES string of the molecule is CC(O)(C1CCCCC1)C1CCCCC1. The Morgan fingerprint density at radius 1 is 0.733 bits per heavy atom. The van der Waals surface area contributed by atoms with Gasteiger partial charge in [-0.3, -0.25) is 0 Å². The van der Waals surface area contributed by atoms with Crippen LogP contribution < -0.4 is 0 Å². The van der Waals surface area contributed by atoms with E-state index < -0.39 is 0 Å². The first-order valence-corrected chi connectivity index (χ1v) is 6.93. The van der Waals surface area contributed by atoms with Crippen molar-refractivity contribution in [3.8, 4) is 0 Å². The highest BCUT2D eigenvalue weighted by Gasteiger charge is 2.39. The lowest BCUT2D eigenvalue weighted by Gasteiger charge is -2.43. The average molecular weight is 210 g/mol. The zero-order chi connectivity index (χ0) is 10.7. The molecule has 1 nitrogen and oxygen atoms in total. The lowest BCUT2D eigenvalue weighted by atomic mass is 9.67. The van der Waals surface area contributed by atoms with Crippen LogP contribution in [0.2, 0.25) is 0 Å². The number of hydrogen-bond donors (Lipinski definition) is 1. The van der Waals surface area contributed by atoms with Crippen LogP contribution in [0.4, 0.5) is 0 Å². The van der Waals surface area contributed by atoms with Gasteiger partial charge in [0.2, 0.25) is 0 Å². The fourth-order valence-corrected chi connectivity index (χ4v) is 3.71. The molecule has 0 saturated heterocycles. The first-order chi connectivity index (χ1) is 7.21. The van der Waals surface area contributed by atoms with Crippen molar-refractivity contribution in [2.75, 3.05) is 0 Å². The molecule has 2 aliphatic carbocycles. The van der Waals surface area contributed by atoms with Crippen molar-refractivity contribution in [2.24, 2.45) is 11.8 Å². The Bertz CT molecular complexity index is 166. The van der Waals surface area contributed by atoms with Crippen molar-refractivity contribution >= 4 is 0 Å². The highest BCUT2D eigenvalue weighted by atomic mass is 16.3. The van der Waals surface area contributed by atoms with E-state index in [1.54, 1.807) is 0 Å². The molecule has 0 atom stereocenters. The summed E-state index contributed by atoms with van der Waals surface area (Å²) in [6.07, 6.45) is 13.2. The summed E-state index contributed by atoms with van der Waals surface area (Å²) >= 11 is 0. The fourth-order valence-electron chi connectivity index (χ4n) is 3.71. The second-order valence-corrected chi connectivity index (χ2v) is 5.90. The summed E-state index contributed by atoms with van der Waals surface area (Å²) in [4.78, 5) is 0. The van der Waals surface area contributed by atoms with Gasteiger partial charge in [0.05, 0.1) is 5.60 Å².